The van der Waals surface area contributed by atoms with Crippen molar-refractivity contribution in [3.8, 4) is 5.75 Å². The SMILES string of the molecule is COc1ccc(N=C2S[C@@H](C(=O)O)CC(=O)N2C)cc1. The molecule has 0 bridgehead atoms. The lowest BCUT2D eigenvalue weighted by Crippen LogP contribution is -2.41. The number of methoxy groups -OCH3 is 1. The molecule has 1 aliphatic rings. The maximum Gasteiger partial charge on any atom is 0.317 e. The van der Waals surface area contributed by atoms with E-state index < -0.39 is 11.2 Å². The molecule has 1 atom stereocenters. The summed E-state index contributed by atoms with van der Waals surface area (Å²) < 4.78 is 5.05. The average molecular weight is 294 g/mol. The zero-order valence-corrected chi connectivity index (χ0v) is 11.9. The topological polar surface area (TPSA) is 79.2 Å². The van der Waals surface area contributed by atoms with E-state index in [0.29, 0.717) is 16.6 Å². The summed E-state index contributed by atoms with van der Waals surface area (Å²) in [6.07, 6.45) is -0.0157. The number of aliphatic carboxylic acids is 1. The summed E-state index contributed by atoms with van der Waals surface area (Å²) in [7, 11) is 3.16. The highest BCUT2D eigenvalue weighted by Gasteiger charge is 2.33. The Hall–Kier alpha value is -2.02. The average Bonchev–Trinajstić information content (AvgIpc) is 2.44. The number of aliphatic imine (C=N–C) groups is 1. The maximum absolute atomic E-state index is 11.8. The van der Waals surface area contributed by atoms with Crippen LogP contribution in [0, 0.1) is 0 Å². The van der Waals surface area contributed by atoms with Crippen LogP contribution in [-0.2, 0) is 9.59 Å². The number of thioether (sulfide) groups is 1. The fourth-order valence-electron chi connectivity index (χ4n) is 1.66. The first-order valence-electron chi connectivity index (χ1n) is 5.90. The van der Waals surface area contributed by atoms with Crippen LogP contribution in [0.5, 0.6) is 5.75 Å². The highest BCUT2D eigenvalue weighted by Crippen LogP contribution is 2.28. The molecule has 1 fully saturated rings. The first-order chi connectivity index (χ1) is 9.51. The molecule has 1 aliphatic heterocycles. The minimum Gasteiger partial charge on any atom is -0.497 e. The molecule has 6 nitrogen and oxygen atoms in total. The standard InChI is InChI=1S/C13H14N2O4S/c1-15-11(16)7-10(12(17)18)20-13(15)14-8-3-5-9(19-2)6-4-8/h3-6,10H,7H2,1-2H3,(H,17,18)/t10-/m1/s1. The molecule has 1 amide bonds. The summed E-state index contributed by atoms with van der Waals surface area (Å²) in [4.78, 5) is 28.5. The Labute approximate surface area is 120 Å². The van der Waals surface area contributed by atoms with Gasteiger partial charge in [-0.25, -0.2) is 4.99 Å². The fraction of sp³-hybridized carbons (Fsp3) is 0.308. The van der Waals surface area contributed by atoms with Gasteiger partial charge in [-0.2, -0.15) is 0 Å². The molecule has 0 radical (unpaired) electrons. The number of amidine groups is 1. The number of benzene rings is 1. The van der Waals surface area contributed by atoms with Crippen LogP contribution in [-0.4, -0.2) is 46.5 Å². The van der Waals surface area contributed by atoms with E-state index in [1.165, 1.54) is 4.90 Å². The molecule has 2 rings (SSSR count). The Balaban J connectivity index is 2.25. The van der Waals surface area contributed by atoms with Gasteiger partial charge >= 0.3 is 5.97 Å². The number of carbonyl (C=O) groups excluding carboxylic acids is 1. The Bertz CT molecular complexity index is 556. The molecule has 1 saturated heterocycles. The molecule has 106 valence electrons. The molecule has 20 heavy (non-hydrogen) atoms. The molecule has 1 heterocycles. The van der Waals surface area contributed by atoms with E-state index in [2.05, 4.69) is 4.99 Å². The van der Waals surface area contributed by atoms with Gasteiger partial charge in [0, 0.05) is 7.05 Å². The Kier molecular flexibility index (Phi) is 4.29. The Morgan fingerprint density at radius 1 is 1.45 bits per heavy atom. The maximum atomic E-state index is 11.8. The van der Waals surface area contributed by atoms with Gasteiger partial charge in [-0.1, -0.05) is 11.8 Å². The Morgan fingerprint density at radius 2 is 2.10 bits per heavy atom. The number of rotatable bonds is 3. The summed E-state index contributed by atoms with van der Waals surface area (Å²) in [5.74, 6) is -0.541. The molecule has 1 aromatic rings. The van der Waals surface area contributed by atoms with Crippen LogP contribution in [0.25, 0.3) is 0 Å². The highest BCUT2D eigenvalue weighted by atomic mass is 32.2. The number of carboxylic acid groups (broad SMARTS) is 1. The van der Waals surface area contributed by atoms with Crippen molar-refractivity contribution in [1.29, 1.82) is 0 Å². The van der Waals surface area contributed by atoms with Crippen molar-refractivity contribution in [1.82, 2.24) is 4.90 Å². The van der Waals surface area contributed by atoms with Crippen LogP contribution in [0.15, 0.2) is 29.3 Å². The number of amides is 1. The van der Waals surface area contributed by atoms with Gasteiger partial charge in [-0.3, -0.25) is 14.5 Å². The molecule has 1 N–H and O–H groups in total. The molecule has 0 aromatic heterocycles. The third-order valence-electron chi connectivity index (χ3n) is 2.84. The molecule has 0 unspecified atom stereocenters. The first kappa shape index (κ1) is 14.4. The molecular weight excluding hydrogens is 280 g/mol. The van der Waals surface area contributed by atoms with Crippen molar-refractivity contribution in [3.63, 3.8) is 0 Å². The van der Waals surface area contributed by atoms with Gasteiger partial charge in [0.05, 0.1) is 19.2 Å². The van der Waals surface area contributed by atoms with E-state index in [9.17, 15) is 9.59 Å². The molecule has 0 aliphatic carbocycles. The highest BCUT2D eigenvalue weighted by molar-refractivity contribution is 8.15. The van der Waals surface area contributed by atoms with Crippen molar-refractivity contribution < 1.29 is 19.4 Å². The van der Waals surface area contributed by atoms with Crippen molar-refractivity contribution in [3.05, 3.63) is 24.3 Å². The summed E-state index contributed by atoms with van der Waals surface area (Å²) in [6.45, 7) is 0. The fourth-order valence-corrected chi connectivity index (χ4v) is 2.66. The molecule has 7 heteroatoms. The van der Waals surface area contributed by atoms with Crippen LogP contribution >= 0.6 is 11.8 Å². The number of carboxylic acids is 1. The van der Waals surface area contributed by atoms with Gasteiger partial charge < -0.3 is 9.84 Å². The van der Waals surface area contributed by atoms with Crippen LogP contribution < -0.4 is 4.74 Å². The second kappa shape index (κ2) is 5.96. The van der Waals surface area contributed by atoms with E-state index in [0.717, 1.165) is 11.8 Å². The van der Waals surface area contributed by atoms with Crippen molar-refractivity contribution in [2.24, 2.45) is 4.99 Å². The second-order valence-electron chi connectivity index (χ2n) is 4.19. The van der Waals surface area contributed by atoms with Crippen LogP contribution in [0.1, 0.15) is 6.42 Å². The third-order valence-corrected chi connectivity index (χ3v) is 4.07. The summed E-state index contributed by atoms with van der Waals surface area (Å²) >= 11 is 1.08. The van der Waals surface area contributed by atoms with Crippen LogP contribution in [0.3, 0.4) is 0 Å². The second-order valence-corrected chi connectivity index (χ2v) is 5.36. The van der Waals surface area contributed by atoms with E-state index >= 15 is 0 Å². The molecule has 0 spiro atoms. The quantitative estimate of drug-likeness (QED) is 0.918. The van der Waals surface area contributed by atoms with Gasteiger partial charge in [0.15, 0.2) is 5.17 Å². The number of carbonyl (C=O) groups is 2. The smallest absolute Gasteiger partial charge is 0.317 e. The summed E-state index contributed by atoms with van der Waals surface area (Å²) in [5.41, 5.74) is 0.638. The van der Waals surface area contributed by atoms with Crippen molar-refractivity contribution >= 4 is 34.5 Å². The predicted molar refractivity (Wildman–Crippen MR) is 76.5 cm³/mol. The van der Waals surface area contributed by atoms with Gasteiger partial charge in [0.2, 0.25) is 5.91 Å². The van der Waals surface area contributed by atoms with E-state index in [4.69, 9.17) is 9.84 Å². The number of nitrogens with zero attached hydrogens (tertiary/aromatic N) is 2. The third kappa shape index (κ3) is 3.11. The molecule has 1 aromatic carbocycles. The van der Waals surface area contributed by atoms with Crippen LogP contribution in [0.4, 0.5) is 5.69 Å². The lowest BCUT2D eigenvalue weighted by molar-refractivity contribution is -0.139. The van der Waals surface area contributed by atoms with Gasteiger partial charge in [-0.15, -0.1) is 0 Å². The predicted octanol–water partition coefficient (Wildman–Crippen LogP) is 1.73. The van der Waals surface area contributed by atoms with Crippen molar-refractivity contribution in [2.75, 3.05) is 14.2 Å². The van der Waals surface area contributed by atoms with E-state index in [1.54, 1.807) is 38.4 Å². The van der Waals surface area contributed by atoms with Gasteiger partial charge in [0.1, 0.15) is 11.0 Å². The summed E-state index contributed by atoms with van der Waals surface area (Å²) in [6, 6.07) is 7.00. The monoisotopic (exact) mass is 294 g/mol. The largest absolute Gasteiger partial charge is 0.497 e. The lowest BCUT2D eigenvalue weighted by Gasteiger charge is -2.27. The normalized spacial score (nSPS) is 21.1. The zero-order chi connectivity index (χ0) is 14.7. The van der Waals surface area contributed by atoms with E-state index in [1.807, 2.05) is 0 Å². The minimum atomic E-state index is -1.00. The van der Waals surface area contributed by atoms with Crippen LogP contribution in [0.2, 0.25) is 0 Å². The first-order valence-corrected chi connectivity index (χ1v) is 6.78. The van der Waals surface area contributed by atoms with Gasteiger partial charge in [-0.05, 0) is 24.3 Å². The number of ether oxygens (including phenoxy) is 1. The number of hydrogen-bond acceptors (Lipinski definition) is 5. The van der Waals surface area contributed by atoms with E-state index in [-0.39, 0.29) is 12.3 Å². The van der Waals surface area contributed by atoms with Gasteiger partial charge in [0.25, 0.3) is 0 Å². The zero-order valence-electron chi connectivity index (χ0n) is 11.1. The van der Waals surface area contributed by atoms with Crippen molar-refractivity contribution in [2.45, 2.75) is 11.7 Å². The lowest BCUT2D eigenvalue weighted by atomic mass is 10.3. The molecule has 0 saturated carbocycles. The minimum absolute atomic E-state index is 0.0157. The molecular formula is C13H14N2O4S. The summed E-state index contributed by atoms with van der Waals surface area (Å²) in [5, 5.41) is 8.64. The Morgan fingerprint density at radius 3 is 2.65 bits per heavy atom. The number of hydrogen-bond donors (Lipinski definition) is 1.